The topological polar surface area (TPSA) is 41.6 Å². The molecule has 106 valence electrons. The van der Waals surface area contributed by atoms with Crippen LogP contribution in [0, 0.1) is 0 Å². The largest absolute Gasteiger partial charge is 0.492 e. The van der Waals surface area contributed by atoms with Crippen LogP contribution < -0.4 is 10.1 Å². The molecular formula is C14H21ClN2O2. The van der Waals surface area contributed by atoms with Crippen LogP contribution in [0.3, 0.4) is 0 Å². The number of benzene rings is 1. The zero-order valence-corrected chi connectivity index (χ0v) is 12.4. The zero-order chi connectivity index (χ0) is 14.3. The molecule has 0 bridgehead atoms. The maximum atomic E-state index is 11.6. The van der Waals surface area contributed by atoms with E-state index in [0.717, 1.165) is 6.42 Å². The van der Waals surface area contributed by atoms with Crippen molar-refractivity contribution in [1.29, 1.82) is 0 Å². The molecule has 0 saturated heterocycles. The number of urea groups is 1. The van der Waals surface area contributed by atoms with E-state index in [1.807, 2.05) is 32.0 Å². The highest BCUT2D eigenvalue weighted by molar-refractivity contribution is 6.32. The third kappa shape index (κ3) is 5.83. The van der Waals surface area contributed by atoms with E-state index in [4.69, 9.17) is 16.3 Å². The Morgan fingerprint density at radius 3 is 2.74 bits per heavy atom. The molecule has 1 rings (SSSR count). The van der Waals surface area contributed by atoms with Gasteiger partial charge >= 0.3 is 6.03 Å². The summed E-state index contributed by atoms with van der Waals surface area (Å²) in [5, 5.41) is 3.44. The van der Waals surface area contributed by atoms with Crippen molar-refractivity contribution in [2.45, 2.75) is 26.3 Å². The highest BCUT2D eigenvalue weighted by Gasteiger charge is 2.08. The van der Waals surface area contributed by atoms with E-state index < -0.39 is 0 Å². The van der Waals surface area contributed by atoms with E-state index in [2.05, 4.69) is 5.32 Å². The average molecular weight is 285 g/mol. The van der Waals surface area contributed by atoms with Crippen LogP contribution in [0.1, 0.15) is 20.3 Å². The molecule has 1 N–H and O–H groups in total. The fraction of sp³-hybridized carbons (Fsp3) is 0.500. The predicted octanol–water partition coefficient (Wildman–Crippen LogP) is 3.16. The Hall–Kier alpha value is -1.42. The lowest BCUT2D eigenvalue weighted by Gasteiger charge is -2.19. The molecule has 5 heteroatoms. The van der Waals surface area contributed by atoms with E-state index in [-0.39, 0.29) is 12.1 Å². The molecule has 0 radical (unpaired) electrons. The van der Waals surface area contributed by atoms with E-state index >= 15 is 0 Å². The molecule has 0 aliphatic carbocycles. The minimum Gasteiger partial charge on any atom is -0.492 e. The van der Waals surface area contributed by atoms with Crippen LogP contribution in [-0.2, 0) is 0 Å². The summed E-state index contributed by atoms with van der Waals surface area (Å²) in [5.74, 6) is 0.679. The molecule has 19 heavy (non-hydrogen) atoms. The van der Waals surface area contributed by atoms with Gasteiger partial charge in [-0.3, -0.25) is 0 Å². The molecule has 1 aromatic carbocycles. The van der Waals surface area contributed by atoms with Crippen molar-refractivity contribution < 1.29 is 9.53 Å². The average Bonchev–Trinajstić information content (AvgIpc) is 2.35. The highest BCUT2D eigenvalue weighted by atomic mass is 35.5. The van der Waals surface area contributed by atoms with Crippen LogP contribution >= 0.6 is 11.6 Å². The molecule has 0 heterocycles. The van der Waals surface area contributed by atoms with Crippen molar-refractivity contribution in [3.05, 3.63) is 29.3 Å². The van der Waals surface area contributed by atoms with Gasteiger partial charge in [-0.1, -0.05) is 23.7 Å². The van der Waals surface area contributed by atoms with Gasteiger partial charge in [-0.15, -0.1) is 0 Å². The number of nitrogens with zero attached hydrogens (tertiary/aromatic N) is 1. The lowest BCUT2D eigenvalue weighted by molar-refractivity contribution is 0.201. The number of amides is 2. The quantitative estimate of drug-likeness (QED) is 0.815. The van der Waals surface area contributed by atoms with Gasteiger partial charge in [-0.25, -0.2) is 4.79 Å². The van der Waals surface area contributed by atoms with Gasteiger partial charge in [0.25, 0.3) is 0 Å². The number of ether oxygens (including phenoxy) is 1. The Morgan fingerprint density at radius 2 is 2.11 bits per heavy atom. The van der Waals surface area contributed by atoms with E-state index in [0.29, 0.717) is 23.9 Å². The molecule has 0 aliphatic heterocycles. The van der Waals surface area contributed by atoms with Crippen LogP contribution in [0.5, 0.6) is 5.75 Å². The lowest BCUT2D eigenvalue weighted by atomic mass is 10.3. The van der Waals surface area contributed by atoms with Crippen molar-refractivity contribution in [2.24, 2.45) is 0 Å². The summed E-state index contributed by atoms with van der Waals surface area (Å²) in [6.07, 6.45) is 0.757. The number of nitrogens with one attached hydrogen (secondary N) is 1. The van der Waals surface area contributed by atoms with Crippen molar-refractivity contribution in [3.8, 4) is 5.75 Å². The molecular weight excluding hydrogens is 264 g/mol. The van der Waals surface area contributed by atoms with Crippen LogP contribution in [-0.4, -0.2) is 37.2 Å². The lowest BCUT2D eigenvalue weighted by Crippen LogP contribution is -2.41. The second-order valence-corrected chi connectivity index (χ2v) is 5.07. The molecule has 4 nitrogen and oxygen atoms in total. The third-order valence-electron chi connectivity index (χ3n) is 2.49. The van der Waals surface area contributed by atoms with Gasteiger partial charge in [0.2, 0.25) is 0 Å². The van der Waals surface area contributed by atoms with E-state index in [1.165, 1.54) is 0 Å². The summed E-state index contributed by atoms with van der Waals surface area (Å²) < 4.78 is 5.56. The molecule has 0 aromatic heterocycles. The van der Waals surface area contributed by atoms with E-state index in [9.17, 15) is 4.79 Å². The second kappa shape index (κ2) is 7.89. The Balaban J connectivity index is 2.24. The summed E-state index contributed by atoms with van der Waals surface area (Å²) in [7, 11) is 1.77. The van der Waals surface area contributed by atoms with Gasteiger partial charge < -0.3 is 15.0 Å². The first-order valence-electron chi connectivity index (χ1n) is 6.39. The van der Waals surface area contributed by atoms with Crippen molar-refractivity contribution >= 4 is 17.6 Å². The molecule has 0 unspecified atom stereocenters. The van der Waals surface area contributed by atoms with Crippen molar-refractivity contribution in [3.63, 3.8) is 0 Å². The minimum atomic E-state index is -0.0623. The zero-order valence-electron chi connectivity index (χ0n) is 11.6. The molecule has 0 fully saturated rings. The molecule has 0 spiro atoms. The summed E-state index contributed by atoms with van der Waals surface area (Å²) in [4.78, 5) is 13.3. The molecule has 1 aromatic rings. The van der Waals surface area contributed by atoms with Crippen LogP contribution in [0.25, 0.3) is 0 Å². The fourth-order valence-electron chi connectivity index (χ4n) is 1.50. The van der Waals surface area contributed by atoms with Crippen LogP contribution in [0.2, 0.25) is 5.02 Å². The number of hydrogen-bond acceptors (Lipinski definition) is 2. The third-order valence-corrected chi connectivity index (χ3v) is 2.80. The van der Waals surface area contributed by atoms with Crippen molar-refractivity contribution in [1.82, 2.24) is 10.2 Å². The van der Waals surface area contributed by atoms with Gasteiger partial charge in [0, 0.05) is 19.6 Å². The Labute approximate surface area is 119 Å². The van der Waals surface area contributed by atoms with Crippen LogP contribution in [0.4, 0.5) is 4.79 Å². The Kier molecular flexibility index (Phi) is 6.50. The Bertz CT molecular complexity index is 410. The number of halogens is 1. The smallest absolute Gasteiger partial charge is 0.317 e. The van der Waals surface area contributed by atoms with Gasteiger partial charge in [0.15, 0.2) is 0 Å². The number of carbonyl (C=O) groups excluding carboxylic acids is 1. The van der Waals surface area contributed by atoms with Gasteiger partial charge in [0.1, 0.15) is 5.75 Å². The first-order valence-corrected chi connectivity index (χ1v) is 6.77. The number of rotatable bonds is 6. The maximum Gasteiger partial charge on any atom is 0.317 e. The maximum absolute atomic E-state index is 11.6. The summed E-state index contributed by atoms with van der Waals surface area (Å²) in [5.41, 5.74) is 0. The standard InChI is InChI=1S/C14H21ClN2O2/c1-11(2)16-14(18)17(3)9-6-10-19-13-8-5-4-7-12(13)15/h4-5,7-8,11H,6,9-10H2,1-3H3,(H,16,18). The normalized spacial score (nSPS) is 10.4. The first-order chi connectivity index (χ1) is 9.00. The molecule has 2 amide bonds. The number of carbonyl (C=O) groups is 1. The van der Waals surface area contributed by atoms with E-state index in [1.54, 1.807) is 18.0 Å². The van der Waals surface area contributed by atoms with Gasteiger partial charge in [-0.05, 0) is 32.4 Å². The van der Waals surface area contributed by atoms with Gasteiger partial charge in [-0.2, -0.15) is 0 Å². The fourth-order valence-corrected chi connectivity index (χ4v) is 1.69. The van der Waals surface area contributed by atoms with Crippen LogP contribution in [0.15, 0.2) is 24.3 Å². The monoisotopic (exact) mass is 284 g/mol. The predicted molar refractivity (Wildman–Crippen MR) is 77.9 cm³/mol. The number of hydrogen-bond donors (Lipinski definition) is 1. The molecule has 0 aliphatic rings. The second-order valence-electron chi connectivity index (χ2n) is 4.66. The molecule has 0 atom stereocenters. The summed E-state index contributed by atoms with van der Waals surface area (Å²) >= 11 is 5.97. The first kappa shape index (κ1) is 15.6. The van der Waals surface area contributed by atoms with Crippen molar-refractivity contribution in [2.75, 3.05) is 20.2 Å². The summed E-state index contributed by atoms with van der Waals surface area (Å²) in [6.45, 7) is 5.05. The number of para-hydroxylation sites is 1. The SMILES string of the molecule is CC(C)NC(=O)N(C)CCCOc1ccccc1Cl. The Morgan fingerprint density at radius 1 is 1.42 bits per heavy atom. The minimum absolute atomic E-state index is 0.0623. The highest BCUT2D eigenvalue weighted by Crippen LogP contribution is 2.22. The summed E-state index contributed by atoms with van der Waals surface area (Å²) in [6, 6.07) is 7.45. The van der Waals surface area contributed by atoms with Gasteiger partial charge in [0.05, 0.1) is 11.6 Å². The molecule has 0 saturated carbocycles.